The van der Waals surface area contributed by atoms with Crippen molar-refractivity contribution in [3.63, 3.8) is 0 Å². The van der Waals surface area contributed by atoms with Crippen molar-refractivity contribution in [3.8, 4) is 0 Å². The molecule has 0 aromatic carbocycles. The number of hydrogen-bond acceptors (Lipinski definition) is 2. The second-order valence-corrected chi connectivity index (χ2v) is 1.58. The third-order valence-electron chi connectivity index (χ3n) is 0.871. The zero-order valence-electron chi connectivity index (χ0n) is 5.72. The maximum Gasteiger partial charge on any atom is 0.0534 e. The molecule has 0 atom stereocenters. The third-order valence-corrected chi connectivity index (χ3v) is 0.871. The van der Waals surface area contributed by atoms with Gasteiger partial charge >= 0.3 is 0 Å². The molecule has 50 valence electrons. The Morgan fingerprint density at radius 3 is 2.78 bits per heavy atom. The molecular weight excluding hydrogens is 112 g/mol. The van der Waals surface area contributed by atoms with Crippen molar-refractivity contribution in [2.24, 2.45) is 4.99 Å². The van der Waals surface area contributed by atoms with Crippen LogP contribution in [0, 0.1) is 0 Å². The van der Waals surface area contributed by atoms with Gasteiger partial charge in [0.05, 0.1) is 5.70 Å². The molecule has 0 fully saturated rings. The average Bonchev–Trinajstić information content (AvgIpc) is 1.88. The van der Waals surface area contributed by atoms with E-state index in [4.69, 9.17) is 0 Å². The van der Waals surface area contributed by atoms with E-state index in [0.717, 1.165) is 12.2 Å². The van der Waals surface area contributed by atoms with Gasteiger partial charge in [0, 0.05) is 6.54 Å². The van der Waals surface area contributed by atoms with Crippen molar-refractivity contribution in [1.82, 2.24) is 5.32 Å². The Balaban J connectivity index is 3.80. The Kier molecular flexibility index (Phi) is 4.73. The summed E-state index contributed by atoms with van der Waals surface area (Å²) in [6, 6.07) is 0. The number of aliphatic imine (C=N–C) groups is 1. The van der Waals surface area contributed by atoms with E-state index < -0.39 is 0 Å². The third kappa shape index (κ3) is 3.67. The van der Waals surface area contributed by atoms with Gasteiger partial charge in [-0.2, -0.15) is 0 Å². The highest BCUT2D eigenvalue weighted by molar-refractivity contribution is 5.30. The SMILES string of the molecule is C=C/C=C(/CNC)N=C. The Bertz CT molecular complexity index is 125. The molecule has 0 aromatic heterocycles. The lowest BCUT2D eigenvalue weighted by Gasteiger charge is -1.95. The quantitative estimate of drug-likeness (QED) is 0.438. The molecule has 0 rings (SSSR count). The van der Waals surface area contributed by atoms with Gasteiger partial charge in [0.2, 0.25) is 0 Å². The predicted molar refractivity (Wildman–Crippen MR) is 41.8 cm³/mol. The molecule has 0 aromatic rings. The Morgan fingerprint density at radius 1 is 1.78 bits per heavy atom. The number of allylic oxidation sites excluding steroid dienone is 2. The largest absolute Gasteiger partial charge is 0.314 e. The van der Waals surface area contributed by atoms with Crippen LogP contribution in [0.5, 0.6) is 0 Å². The van der Waals surface area contributed by atoms with Crippen molar-refractivity contribution < 1.29 is 0 Å². The van der Waals surface area contributed by atoms with Gasteiger partial charge in [0.15, 0.2) is 0 Å². The van der Waals surface area contributed by atoms with Crippen LogP contribution in [0.15, 0.2) is 29.4 Å². The summed E-state index contributed by atoms with van der Waals surface area (Å²) in [5.74, 6) is 0. The monoisotopic (exact) mass is 124 g/mol. The molecule has 0 spiro atoms. The van der Waals surface area contributed by atoms with E-state index in [9.17, 15) is 0 Å². The summed E-state index contributed by atoms with van der Waals surface area (Å²) in [6.07, 6.45) is 3.52. The molecule has 0 aliphatic rings. The van der Waals surface area contributed by atoms with Crippen LogP contribution in [0.3, 0.4) is 0 Å². The first kappa shape index (κ1) is 8.11. The van der Waals surface area contributed by atoms with Gasteiger partial charge in [0.25, 0.3) is 0 Å². The average molecular weight is 124 g/mol. The highest BCUT2D eigenvalue weighted by Gasteiger charge is 1.84. The molecule has 0 saturated carbocycles. The molecule has 2 heteroatoms. The Hall–Kier alpha value is -0.890. The van der Waals surface area contributed by atoms with E-state index in [1.165, 1.54) is 0 Å². The minimum atomic E-state index is 0.746. The minimum Gasteiger partial charge on any atom is -0.314 e. The number of nitrogens with zero attached hydrogens (tertiary/aromatic N) is 1. The fourth-order valence-corrected chi connectivity index (χ4v) is 0.485. The predicted octanol–water partition coefficient (Wildman–Crippen LogP) is 0.976. The van der Waals surface area contributed by atoms with Crippen LogP contribution in [0.4, 0.5) is 0 Å². The molecule has 0 aliphatic heterocycles. The van der Waals surface area contributed by atoms with Crippen LogP contribution < -0.4 is 5.32 Å². The molecule has 0 saturated heterocycles. The van der Waals surface area contributed by atoms with E-state index in [2.05, 4.69) is 23.6 Å². The van der Waals surface area contributed by atoms with E-state index in [1.807, 2.05) is 13.1 Å². The lowest BCUT2D eigenvalue weighted by Crippen LogP contribution is -2.08. The van der Waals surface area contributed by atoms with Gasteiger partial charge in [0.1, 0.15) is 0 Å². The van der Waals surface area contributed by atoms with Crippen LogP contribution >= 0.6 is 0 Å². The topological polar surface area (TPSA) is 24.4 Å². The fourth-order valence-electron chi connectivity index (χ4n) is 0.485. The summed E-state index contributed by atoms with van der Waals surface area (Å²) in [6.45, 7) is 7.68. The van der Waals surface area contributed by atoms with Gasteiger partial charge in [-0.25, -0.2) is 0 Å². The number of likely N-dealkylation sites (N-methyl/N-ethyl adjacent to an activating group) is 1. The van der Waals surface area contributed by atoms with Crippen molar-refractivity contribution in [3.05, 3.63) is 24.4 Å². The number of nitrogens with one attached hydrogen (secondary N) is 1. The first-order chi connectivity index (χ1) is 4.35. The normalized spacial score (nSPS) is 11.0. The molecular formula is C7H12N2. The lowest BCUT2D eigenvalue weighted by atomic mass is 10.4. The minimum absolute atomic E-state index is 0.746. The van der Waals surface area contributed by atoms with E-state index in [-0.39, 0.29) is 0 Å². The number of hydrogen-bond donors (Lipinski definition) is 1. The van der Waals surface area contributed by atoms with Crippen LogP contribution in [-0.2, 0) is 0 Å². The zero-order valence-corrected chi connectivity index (χ0v) is 5.72. The van der Waals surface area contributed by atoms with Crippen molar-refractivity contribution in [1.29, 1.82) is 0 Å². The summed E-state index contributed by atoms with van der Waals surface area (Å²) >= 11 is 0. The van der Waals surface area contributed by atoms with Crippen molar-refractivity contribution >= 4 is 6.72 Å². The maximum absolute atomic E-state index is 3.74. The lowest BCUT2D eigenvalue weighted by molar-refractivity contribution is 0.873. The summed E-state index contributed by atoms with van der Waals surface area (Å²) in [7, 11) is 1.86. The summed E-state index contributed by atoms with van der Waals surface area (Å²) in [5, 5.41) is 2.95. The molecule has 0 unspecified atom stereocenters. The van der Waals surface area contributed by atoms with Gasteiger partial charge < -0.3 is 5.32 Å². The molecule has 0 aliphatic carbocycles. The van der Waals surface area contributed by atoms with Gasteiger partial charge in [-0.1, -0.05) is 12.7 Å². The number of rotatable bonds is 4. The van der Waals surface area contributed by atoms with Gasteiger partial charge in [-0.15, -0.1) is 0 Å². The van der Waals surface area contributed by atoms with Gasteiger partial charge in [-0.05, 0) is 19.8 Å². The van der Waals surface area contributed by atoms with Crippen LogP contribution in [0.2, 0.25) is 0 Å². The molecule has 2 nitrogen and oxygen atoms in total. The van der Waals surface area contributed by atoms with Crippen LogP contribution in [0.1, 0.15) is 0 Å². The molecule has 0 amide bonds. The fraction of sp³-hybridized carbons (Fsp3) is 0.286. The molecule has 1 N–H and O–H groups in total. The van der Waals surface area contributed by atoms with Crippen LogP contribution in [0.25, 0.3) is 0 Å². The summed E-state index contributed by atoms with van der Waals surface area (Å²) in [4.78, 5) is 3.74. The van der Waals surface area contributed by atoms with E-state index >= 15 is 0 Å². The second-order valence-electron chi connectivity index (χ2n) is 1.58. The highest BCUT2D eigenvalue weighted by atomic mass is 14.9. The summed E-state index contributed by atoms with van der Waals surface area (Å²) < 4.78 is 0. The first-order valence-electron chi connectivity index (χ1n) is 2.78. The van der Waals surface area contributed by atoms with E-state index in [1.54, 1.807) is 6.08 Å². The maximum atomic E-state index is 3.74. The summed E-state index contributed by atoms with van der Waals surface area (Å²) in [5.41, 5.74) is 0.910. The Labute approximate surface area is 56.0 Å². The first-order valence-corrected chi connectivity index (χ1v) is 2.78. The van der Waals surface area contributed by atoms with Gasteiger partial charge in [-0.3, -0.25) is 4.99 Å². The van der Waals surface area contributed by atoms with Crippen LogP contribution in [-0.4, -0.2) is 20.3 Å². The molecule has 0 heterocycles. The Morgan fingerprint density at radius 2 is 2.44 bits per heavy atom. The van der Waals surface area contributed by atoms with E-state index in [0.29, 0.717) is 0 Å². The smallest absolute Gasteiger partial charge is 0.0534 e. The van der Waals surface area contributed by atoms with Crippen molar-refractivity contribution in [2.75, 3.05) is 13.6 Å². The zero-order chi connectivity index (χ0) is 7.11. The molecule has 0 radical (unpaired) electrons. The second kappa shape index (κ2) is 5.25. The molecule has 0 bridgehead atoms. The molecule has 9 heavy (non-hydrogen) atoms. The highest BCUT2D eigenvalue weighted by Crippen LogP contribution is 1.91. The standard InChI is InChI=1S/C7H12N2/c1-4-5-7(9-3)6-8-2/h4-5,8H,1,3,6H2,2H3/b7-5-. The van der Waals surface area contributed by atoms with Crippen molar-refractivity contribution in [2.45, 2.75) is 0 Å².